The van der Waals surface area contributed by atoms with Crippen LogP contribution in [0.4, 0.5) is 0 Å². The van der Waals surface area contributed by atoms with Crippen LogP contribution in [0.1, 0.15) is 18.7 Å². The van der Waals surface area contributed by atoms with E-state index in [1.54, 1.807) is 0 Å². The smallest absolute Gasteiger partial charge is 0.122 e. The lowest BCUT2D eigenvalue weighted by Gasteiger charge is -2.03. The Balaban J connectivity index is 0.000000720. The van der Waals surface area contributed by atoms with Gasteiger partial charge in [0.25, 0.3) is 0 Å². The highest BCUT2D eigenvalue weighted by atomic mass is 35.5. The Morgan fingerprint density at radius 3 is 2.92 bits per heavy atom. The minimum absolute atomic E-state index is 0. The van der Waals surface area contributed by atoms with Crippen molar-refractivity contribution < 1.29 is 0 Å². The molecule has 3 nitrogen and oxygen atoms in total. The van der Waals surface area contributed by atoms with Gasteiger partial charge in [0.1, 0.15) is 5.82 Å². The normalized spacial score (nSPS) is 15.8. The predicted octanol–water partition coefficient (Wildman–Crippen LogP) is 1.17. The van der Waals surface area contributed by atoms with Gasteiger partial charge in [-0.2, -0.15) is 0 Å². The Bertz CT molecular complexity index is 242. The van der Waals surface area contributed by atoms with Crippen LogP contribution in [0, 0.1) is 5.92 Å². The lowest BCUT2D eigenvalue weighted by atomic mass is 10.4. The fraction of sp³-hybridized carbons (Fsp3) is 0.625. The molecule has 0 atom stereocenters. The van der Waals surface area contributed by atoms with E-state index in [4.69, 9.17) is 5.73 Å². The molecule has 0 spiro atoms. The molecular weight excluding hydrogens is 174 g/mol. The number of hydrogen-bond acceptors (Lipinski definition) is 2. The third-order valence-electron chi connectivity index (χ3n) is 2.14. The summed E-state index contributed by atoms with van der Waals surface area (Å²) < 4.78 is 2.16. The highest BCUT2D eigenvalue weighted by molar-refractivity contribution is 5.85. The van der Waals surface area contributed by atoms with Crippen molar-refractivity contribution in [2.45, 2.75) is 25.9 Å². The second-order valence-corrected chi connectivity index (χ2v) is 3.14. The van der Waals surface area contributed by atoms with E-state index in [2.05, 4.69) is 9.55 Å². The zero-order chi connectivity index (χ0) is 7.68. The maximum atomic E-state index is 5.51. The maximum absolute atomic E-state index is 5.51. The molecule has 0 aliphatic heterocycles. The lowest BCUT2D eigenvalue weighted by Crippen LogP contribution is -2.08. The third kappa shape index (κ3) is 1.99. The predicted molar refractivity (Wildman–Crippen MR) is 50.1 cm³/mol. The molecule has 4 heteroatoms. The summed E-state index contributed by atoms with van der Waals surface area (Å²) in [4.78, 5) is 4.15. The molecule has 1 heterocycles. The number of rotatable bonds is 3. The van der Waals surface area contributed by atoms with Gasteiger partial charge in [-0.3, -0.25) is 0 Å². The van der Waals surface area contributed by atoms with E-state index in [1.807, 2.05) is 12.4 Å². The molecule has 1 aliphatic rings. The van der Waals surface area contributed by atoms with Crippen molar-refractivity contribution in [3.8, 4) is 0 Å². The van der Waals surface area contributed by atoms with Gasteiger partial charge in [-0.05, 0) is 18.8 Å². The maximum Gasteiger partial charge on any atom is 0.122 e. The van der Waals surface area contributed by atoms with Crippen molar-refractivity contribution in [3.63, 3.8) is 0 Å². The minimum atomic E-state index is 0. The molecule has 1 fully saturated rings. The molecule has 1 aromatic heterocycles. The molecule has 12 heavy (non-hydrogen) atoms. The zero-order valence-corrected chi connectivity index (χ0v) is 7.76. The summed E-state index contributed by atoms with van der Waals surface area (Å²) in [5, 5.41) is 0. The number of imidazole rings is 1. The van der Waals surface area contributed by atoms with Crippen LogP contribution >= 0.6 is 12.4 Å². The van der Waals surface area contributed by atoms with Crippen molar-refractivity contribution in [1.29, 1.82) is 0 Å². The molecule has 1 aliphatic carbocycles. The Labute approximate surface area is 78.4 Å². The molecule has 0 bridgehead atoms. The molecular formula is C8H14ClN3. The number of nitrogens with zero attached hydrogens (tertiary/aromatic N) is 2. The van der Waals surface area contributed by atoms with Crippen LogP contribution in [0.5, 0.6) is 0 Å². The topological polar surface area (TPSA) is 43.8 Å². The zero-order valence-electron chi connectivity index (χ0n) is 6.94. The van der Waals surface area contributed by atoms with Gasteiger partial charge in [0.05, 0.1) is 6.54 Å². The van der Waals surface area contributed by atoms with Gasteiger partial charge in [0, 0.05) is 18.9 Å². The second-order valence-electron chi connectivity index (χ2n) is 3.14. The molecule has 0 saturated heterocycles. The fourth-order valence-electron chi connectivity index (χ4n) is 1.27. The van der Waals surface area contributed by atoms with E-state index in [9.17, 15) is 0 Å². The first-order valence-electron chi connectivity index (χ1n) is 4.10. The van der Waals surface area contributed by atoms with Gasteiger partial charge >= 0.3 is 0 Å². The quantitative estimate of drug-likeness (QED) is 0.772. The van der Waals surface area contributed by atoms with Crippen molar-refractivity contribution >= 4 is 12.4 Å². The standard InChI is InChI=1S/C8H13N3.ClH/c9-5-8-10-3-4-11(8)6-7-1-2-7;/h3-4,7H,1-2,5-6,9H2;1H. The Hall–Kier alpha value is -0.540. The van der Waals surface area contributed by atoms with Crippen LogP contribution in [-0.4, -0.2) is 9.55 Å². The molecule has 1 saturated carbocycles. The van der Waals surface area contributed by atoms with Crippen LogP contribution in [0.2, 0.25) is 0 Å². The van der Waals surface area contributed by atoms with Gasteiger partial charge in [-0.25, -0.2) is 4.98 Å². The minimum Gasteiger partial charge on any atom is -0.334 e. The first-order valence-corrected chi connectivity index (χ1v) is 4.10. The van der Waals surface area contributed by atoms with E-state index in [0.717, 1.165) is 18.3 Å². The van der Waals surface area contributed by atoms with Gasteiger partial charge in [0.2, 0.25) is 0 Å². The molecule has 0 aromatic carbocycles. The average Bonchev–Trinajstić information content (AvgIpc) is 2.68. The van der Waals surface area contributed by atoms with Crippen molar-refractivity contribution in [2.24, 2.45) is 11.7 Å². The monoisotopic (exact) mass is 187 g/mol. The van der Waals surface area contributed by atoms with E-state index < -0.39 is 0 Å². The van der Waals surface area contributed by atoms with Gasteiger partial charge in [0.15, 0.2) is 0 Å². The first-order chi connectivity index (χ1) is 5.40. The summed E-state index contributed by atoms with van der Waals surface area (Å²) in [5.41, 5.74) is 5.51. The largest absolute Gasteiger partial charge is 0.334 e. The Kier molecular flexibility index (Phi) is 3.12. The number of hydrogen-bond donors (Lipinski definition) is 1. The summed E-state index contributed by atoms with van der Waals surface area (Å²) in [6.07, 6.45) is 6.59. The summed E-state index contributed by atoms with van der Waals surface area (Å²) in [5.74, 6) is 1.91. The van der Waals surface area contributed by atoms with Crippen molar-refractivity contribution in [3.05, 3.63) is 18.2 Å². The van der Waals surface area contributed by atoms with E-state index in [-0.39, 0.29) is 12.4 Å². The molecule has 2 rings (SSSR count). The van der Waals surface area contributed by atoms with Crippen LogP contribution in [0.15, 0.2) is 12.4 Å². The molecule has 68 valence electrons. The molecule has 0 radical (unpaired) electrons. The van der Waals surface area contributed by atoms with E-state index in [0.29, 0.717) is 6.54 Å². The van der Waals surface area contributed by atoms with Gasteiger partial charge in [-0.15, -0.1) is 12.4 Å². The van der Waals surface area contributed by atoms with Gasteiger partial charge in [-0.1, -0.05) is 0 Å². The van der Waals surface area contributed by atoms with E-state index >= 15 is 0 Å². The van der Waals surface area contributed by atoms with Crippen molar-refractivity contribution in [1.82, 2.24) is 9.55 Å². The number of halogens is 1. The van der Waals surface area contributed by atoms with E-state index in [1.165, 1.54) is 12.8 Å². The Morgan fingerprint density at radius 1 is 1.58 bits per heavy atom. The van der Waals surface area contributed by atoms with Crippen LogP contribution in [-0.2, 0) is 13.1 Å². The van der Waals surface area contributed by atoms with Crippen molar-refractivity contribution in [2.75, 3.05) is 0 Å². The molecule has 2 N–H and O–H groups in total. The molecule has 1 aromatic rings. The summed E-state index contributed by atoms with van der Waals surface area (Å²) in [7, 11) is 0. The van der Waals surface area contributed by atoms with Crippen LogP contribution in [0.3, 0.4) is 0 Å². The number of nitrogens with two attached hydrogens (primary N) is 1. The summed E-state index contributed by atoms with van der Waals surface area (Å²) in [6.45, 7) is 1.67. The lowest BCUT2D eigenvalue weighted by molar-refractivity contribution is 0.596. The second kappa shape index (κ2) is 3.92. The Morgan fingerprint density at radius 2 is 2.33 bits per heavy atom. The molecule has 0 unspecified atom stereocenters. The molecule has 0 amide bonds. The fourth-order valence-corrected chi connectivity index (χ4v) is 1.27. The SMILES string of the molecule is Cl.NCc1nccn1CC1CC1. The van der Waals surface area contributed by atoms with Crippen LogP contribution in [0.25, 0.3) is 0 Å². The summed E-state index contributed by atoms with van der Waals surface area (Å²) in [6, 6.07) is 0. The van der Waals surface area contributed by atoms with Gasteiger partial charge < -0.3 is 10.3 Å². The third-order valence-corrected chi connectivity index (χ3v) is 2.14. The number of aromatic nitrogens is 2. The highest BCUT2D eigenvalue weighted by Crippen LogP contribution is 2.30. The summed E-state index contributed by atoms with van der Waals surface area (Å²) >= 11 is 0. The average molecular weight is 188 g/mol. The first kappa shape index (κ1) is 9.55. The van der Waals surface area contributed by atoms with Crippen LogP contribution < -0.4 is 5.73 Å². The highest BCUT2D eigenvalue weighted by Gasteiger charge is 2.22.